The molecule has 112 valence electrons. The first-order chi connectivity index (χ1) is 9.99. The van der Waals surface area contributed by atoms with Gasteiger partial charge in [-0.3, -0.25) is 0 Å². The highest BCUT2D eigenvalue weighted by Crippen LogP contribution is 2.33. The standard InChI is InChI=1S/C15H16I2N2O2/c16-13-6-9(5-10(19)8-18)7-14(17)15(13)21-12-3-1-11(20)2-4-12/h1-4,6-7,10,20H,5,8,18-19H2/t10-/m0/s1. The average Bonchev–Trinajstić information content (AvgIpc) is 2.44. The van der Waals surface area contributed by atoms with Gasteiger partial charge in [0.1, 0.15) is 11.5 Å². The summed E-state index contributed by atoms with van der Waals surface area (Å²) in [6.07, 6.45) is 0.752. The van der Waals surface area contributed by atoms with Crippen molar-refractivity contribution in [3.05, 3.63) is 49.1 Å². The van der Waals surface area contributed by atoms with Crippen LogP contribution in [0.25, 0.3) is 0 Å². The molecular formula is C15H16I2N2O2. The molecule has 0 radical (unpaired) electrons. The molecule has 0 aliphatic carbocycles. The van der Waals surface area contributed by atoms with E-state index in [2.05, 4.69) is 57.3 Å². The summed E-state index contributed by atoms with van der Waals surface area (Å²) >= 11 is 4.51. The Balaban J connectivity index is 2.22. The molecule has 0 fully saturated rings. The van der Waals surface area contributed by atoms with Gasteiger partial charge in [0.25, 0.3) is 0 Å². The Hall–Kier alpha value is -0.580. The van der Waals surface area contributed by atoms with Gasteiger partial charge in [-0.05, 0) is 93.6 Å². The van der Waals surface area contributed by atoms with Gasteiger partial charge >= 0.3 is 0 Å². The van der Waals surface area contributed by atoms with Crippen LogP contribution < -0.4 is 16.2 Å². The highest BCUT2D eigenvalue weighted by molar-refractivity contribution is 14.1. The number of nitrogens with two attached hydrogens (primary N) is 2. The van der Waals surface area contributed by atoms with E-state index in [1.807, 2.05) is 0 Å². The van der Waals surface area contributed by atoms with E-state index in [-0.39, 0.29) is 11.8 Å². The lowest BCUT2D eigenvalue weighted by Crippen LogP contribution is -2.31. The molecule has 5 N–H and O–H groups in total. The Kier molecular flexibility index (Phi) is 6.08. The fourth-order valence-corrected chi connectivity index (χ4v) is 3.96. The predicted octanol–water partition coefficient (Wildman–Crippen LogP) is 3.22. The van der Waals surface area contributed by atoms with E-state index in [0.717, 1.165) is 24.9 Å². The molecular weight excluding hydrogens is 494 g/mol. The van der Waals surface area contributed by atoms with E-state index in [1.54, 1.807) is 24.3 Å². The number of rotatable bonds is 5. The Labute approximate surface area is 151 Å². The summed E-state index contributed by atoms with van der Waals surface area (Å²) < 4.78 is 7.94. The van der Waals surface area contributed by atoms with Crippen molar-refractivity contribution < 1.29 is 9.84 Å². The topological polar surface area (TPSA) is 81.5 Å². The number of halogens is 2. The number of aromatic hydroxyl groups is 1. The fraction of sp³-hybridized carbons (Fsp3) is 0.200. The minimum absolute atomic E-state index is 0.0273. The van der Waals surface area contributed by atoms with Crippen LogP contribution in [0, 0.1) is 7.14 Å². The predicted molar refractivity (Wildman–Crippen MR) is 101 cm³/mol. The molecule has 2 rings (SSSR count). The lowest BCUT2D eigenvalue weighted by atomic mass is 10.1. The quantitative estimate of drug-likeness (QED) is 0.540. The smallest absolute Gasteiger partial charge is 0.154 e. The minimum atomic E-state index is -0.0273. The van der Waals surface area contributed by atoms with Crippen molar-refractivity contribution in [2.24, 2.45) is 11.5 Å². The molecule has 6 heteroatoms. The molecule has 0 unspecified atom stereocenters. The fourth-order valence-electron chi connectivity index (χ4n) is 1.85. The summed E-state index contributed by atoms with van der Waals surface area (Å²) in [6.45, 7) is 0.471. The van der Waals surface area contributed by atoms with Crippen molar-refractivity contribution in [3.63, 3.8) is 0 Å². The highest BCUT2D eigenvalue weighted by Gasteiger charge is 2.12. The van der Waals surface area contributed by atoms with E-state index < -0.39 is 0 Å². The van der Waals surface area contributed by atoms with Crippen molar-refractivity contribution in [1.82, 2.24) is 0 Å². The lowest BCUT2D eigenvalue weighted by molar-refractivity contribution is 0.461. The van der Waals surface area contributed by atoms with E-state index in [4.69, 9.17) is 16.2 Å². The van der Waals surface area contributed by atoms with Gasteiger partial charge in [0.05, 0.1) is 7.14 Å². The number of ether oxygens (including phenoxy) is 1. The summed E-state index contributed by atoms with van der Waals surface area (Å²) in [7, 11) is 0. The van der Waals surface area contributed by atoms with Gasteiger partial charge in [-0.1, -0.05) is 0 Å². The van der Waals surface area contributed by atoms with Gasteiger partial charge in [0, 0.05) is 12.6 Å². The summed E-state index contributed by atoms with van der Waals surface area (Å²) in [5, 5.41) is 9.30. The molecule has 21 heavy (non-hydrogen) atoms. The molecule has 2 aromatic carbocycles. The SMILES string of the molecule is NC[C@@H](N)Cc1cc(I)c(Oc2ccc(O)cc2)c(I)c1. The molecule has 0 aromatic heterocycles. The molecule has 4 nitrogen and oxygen atoms in total. The first kappa shape index (κ1) is 16.8. The average molecular weight is 510 g/mol. The number of phenols is 1. The van der Waals surface area contributed by atoms with Crippen LogP contribution in [0.3, 0.4) is 0 Å². The molecule has 0 bridgehead atoms. The molecule has 0 spiro atoms. The minimum Gasteiger partial charge on any atom is -0.508 e. The van der Waals surface area contributed by atoms with E-state index in [1.165, 1.54) is 0 Å². The molecule has 1 atom stereocenters. The molecule has 0 saturated carbocycles. The van der Waals surface area contributed by atoms with Gasteiger partial charge in [0.2, 0.25) is 0 Å². The van der Waals surface area contributed by atoms with Crippen LogP contribution in [0.5, 0.6) is 17.2 Å². The maximum absolute atomic E-state index is 9.30. The van der Waals surface area contributed by atoms with Gasteiger partial charge in [-0.2, -0.15) is 0 Å². The second kappa shape index (κ2) is 7.61. The van der Waals surface area contributed by atoms with Crippen LogP contribution in [0.4, 0.5) is 0 Å². The highest BCUT2D eigenvalue weighted by atomic mass is 127. The summed E-state index contributed by atoms with van der Waals surface area (Å²) in [5.41, 5.74) is 12.6. The zero-order chi connectivity index (χ0) is 15.4. The maximum atomic E-state index is 9.30. The largest absolute Gasteiger partial charge is 0.508 e. The second-order valence-electron chi connectivity index (χ2n) is 4.68. The number of phenolic OH excluding ortho intramolecular Hbond substituents is 1. The molecule has 0 heterocycles. The van der Waals surface area contributed by atoms with Gasteiger partial charge in [-0.15, -0.1) is 0 Å². The Morgan fingerprint density at radius 3 is 2.19 bits per heavy atom. The third kappa shape index (κ3) is 4.70. The molecule has 2 aromatic rings. The third-order valence-electron chi connectivity index (χ3n) is 2.92. The summed E-state index contributed by atoms with van der Waals surface area (Å²) in [5.74, 6) is 1.72. The number of hydrogen-bond donors (Lipinski definition) is 3. The van der Waals surface area contributed by atoms with Crippen LogP contribution >= 0.6 is 45.2 Å². The first-order valence-corrected chi connectivity index (χ1v) is 8.56. The Bertz CT molecular complexity index is 595. The van der Waals surface area contributed by atoms with Crippen LogP contribution in [-0.2, 0) is 6.42 Å². The van der Waals surface area contributed by atoms with Crippen molar-refractivity contribution >= 4 is 45.2 Å². The molecule has 0 saturated heterocycles. The third-order valence-corrected chi connectivity index (χ3v) is 4.52. The van der Waals surface area contributed by atoms with Crippen LogP contribution in [0.15, 0.2) is 36.4 Å². The zero-order valence-electron chi connectivity index (χ0n) is 11.2. The van der Waals surface area contributed by atoms with Crippen LogP contribution in [0.1, 0.15) is 5.56 Å². The Morgan fingerprint density at radius 1 is 1.10 bits per heavy atom. The summed E-state index contributed by atoms with van der Waals surface area (Å²) in [6, 6.07) is 10.8. The number of benzene rings is 2. The Morgan fingerprint density at radius 2 is 1.67 bits per heavy atom. The first-order valence-electron chi connectivity index (χ1n) is 6.40. The van der Waals surface area contributed by atoms with Crippen molar-refractivity contribution in [3.8, 4) is 17.2 Å². The van der Waals surface area contributed by atoms with Crippen LogP contribution in [-0.4, -0.2) is 17.7 Å². The lowest BCUT2D eigenvalue weighted by Gasteiger charge is -2.14. The monoisotopic (exact) mass is 510 g/mol. The van der Waals surface area contributed by atoms with Crippen molar-refractivity contribution in [2.75, 3.05) is 6.54 Å². The van der Waals surface area contributed by atoms with Gasteiger partial charge < -0.3 is 21.3 Å². The molecule has 0 amide bonds. The van der Waals surface area contributed by atoms with E-state index in [0.29, 0.717) is 12.3 Å². The van der Waals surface area contributed by atoms with Gasteiger partial charge in [-0.25, -0.2) is 0 Å². The normalized spacial score (nSPS) is 12.2. The molecule has 0 aliphatic rings. The van der Waals surface area contributed by atoms with Crippen molar-refractivity contribution in [1.29, 1.82) is 0 Å². The molecule has 0 aliphatic heterocycles. The zero-order valence-corrected chi connectivity index (χ0v) is 15.5. The van der Waals surface area contributed by atoms with Crippen LogP contribution in [0.2, 0.25) is 0 Å². The van der Waals surface area contributed by atoms with Crippen molar-refractivity contribution in [2.45, 2.75) is 12.5 Å². The maximum Gasteiger partial charge on any atom is 0.154 e. The number of hydrogen-bond acceptors (Lipinski definition) is 4. The van der Waals surface area contributed by atoms with E-state index in [9.17, 15) is 5.11 Å². The summed E-state index contributed by atoms with van der Waals surface area (Å²) in [4.78, 5) is 0. The van der Waals surface area contributed by atoms with Gasteiger partial charge in [0.15, 0.2) is 5.75 Å². The second-order valence-corrected chi connectivity index (χ2v) is 7.01. The van der Waals surface area contributed by atoms with E-state index >= 15 is 0 Å².